The summed E-state index contributed by atoms with van der Waals surface area (Å²) in [6, 6.07) is 18.1. The van der Waals surface area contributed by atoms with Crippen molar-refractivity contribution in [3.63, 3.8) is 0 Å². The summed E-state index contributed by atoms with van der Waals surface area (Å²) >= 11 is 0. The van der Waals surface area contributed by atoms with Gasteiger partial charge < -0.3 is 10.6 Å². The first-order valence-corrected chi connectivity index (χ1v) is 9.96. The van der Waals surface area contributed by atoms with Crippen molar-refractivity contribution in [1.82, 2.24) is 5.32 Å². The van der Waals surface area contributed by atoms with Crippen LogP contribution in [-0.2, 0) is 4.79 Å². The average Bonchev–Trinajstić information content (AvgIpc) is 3.00. The molecule has 30 heavy (non-hydrogen) atoms. The minimum atomic E-state index is -0.364. The summed E-state index contributed by atoms with van der Waals surface area (Å²) in [6.07, 6.45) is 0. The van der Waals surface area contributed by atoms with Crippen LogP contribution >= 0.6 is 0 Å². The van der Waals surface area contributed by atoms with E-state index in [0.717, 1.165) is 16.5 Å². The predicted molar refractivity (Wildman–Crippen MR) is 118 cm³/mol. The van der Waals surface area contributed by atoms with E-state index in [1.54, 1.807) is 30.3 Å². The lowest BCUT2D eigenvalue weighted by Gasteiger charge is -2.18. The molecular weight excluding hydrogens is 378 g/mol. The van der Waals surface area contributed by atoms with Gasteiger partial charge in [-0.3, -0.25) is 19.3 Å². The predicted octanol–water partition coefficient (Wildman–Crippen LogP) is 3.82. The van der Waals surface area contributed by atoms with Crippen molar-refractivity contribution in [3.05, 3.63) is 71.8 Å². The summed E-state index contributed by atoms with van der Waals surface area (Å²) in [5.41, 5.74) is 2.14. The monoisotopic (exact) mass is 401 g/mol. The van der Waals surface area contributed by atoms with E-state index >= 15 is 0 Å². The third kappa shape index (κ3) is 3.64. The number of nitrogens with zero attached hydrogens (tertiary/aromatic N) is 1. The lowest BCUT2D eigenvalue weighted by atomic mass is 10.1. The Bertz CT molecular complexity index is 1150. The fraction of sp³-hybridized carbons (Fsp3) is 0.208. The average molecular weight is 401 g/mol. The lowest BCUT2D eigenvalue weighted by Crippen LogP contribution is -2.36. The first kappa shape index (κ1) is 19.6. The summed E-state index contributed by atoms with van der Waals surface area (Å²) < 4.78 is 0. The zero-order valence-corrected chi connectivity index (χ0v) is 16.9. The number of para-hydroxylation sites is 1. The van der Waals surface area contributed by atoms with Crippen molar-refractivity contribution in [1.29, 1.82) is 0 Å². The SMILES string of the molecule is CC(C)CNC(=O)c1ccccc1NC(=O)CN1C(=O)c2cccc3cccc1c23. The van der Waals surface area contributed by atoms with Crippen LogP contribution in [0, 0.1) is 5.92 Å². The molecule has 1 heterocycles. The molecule has 3 amide bonds. The van der Waals surface area contributed by atoms with Gasteiger partial charge in [0, 0.05) is 17.5 Å². The van der Waals surface area contributed by atoms with Gasteiger partial charge in [0.15, 0.2) is 0 Å². The molecule has 0 radical (unpaired) electrons. The van der Waals surface area contributed by atoms with Crippen molar-refractivity contribution in [2.45, 2.75) is 13.8 Å². The minimum absolute atomic E-state index is 0.130. The van der Waals surface area contributed by atoms with Crippen molar-refractivity contribution in [2.24, 2.45) is 5.92 Å². The molecule has 0 saturated carbocycles. The van der Waals surface area contributed by atoms with Gasteiger partial charge >= 0.3 is 0 Å². The summed E-state index contributed by atoms with van der Waals surface area (Å²) in [5, 5.41) is 7.49. The standard InChI is InChI=1S/C24H23N3O3/c1-15(2)13-25-23(29)17-9-3-4-11-19(17)26-21(28)14-27-20-12-6-8-16-7-5-10-18(22(16)20)24(27)30/h3-12,15H,13-14H2,1-2H3,(H,25,29)(H,26,28). The maximum atomic E-state index is 12.9. The second-order valence-electron chi connectivity index (χ2n) is 7.77. The Labute approximate surface area is 174 Å². The molecule has 0 aliphatic carbocycles. The van der Waals surface area contributed by atoms with Crippen molar-refractivity contribution >= 4 is 39.9 Å². The van der Waals surface area contributed by atoms with E-state index in [-0.39, 0.29) is 24.3 Å². The third-order valence-corrected chi connectivity index (χ3v) is 5.07. The van der Waals surface area contributed by atoms with E-state index in [1.165, 1.54) is 4.90 Å². The van der Waals surface area contributed by atoms with Crippen LogP contribution in [0.5, 0.6) is 0 Å². The smallest absolute Gasteiger partial charge is 0.259 e. The second-order valence-corrected chi connectivity index (χ2v) is 7.77. The number of benzene rings is 3. The summed E-state index contributed by atoms with van der Waals surface area (Å²) in [7, 11) is 0. The number of carbonyl (C=O) groups excluding carboxylic acids is 3. The molecule has 0 atom stereocenters. The van der Waals surface area contributed by atoms with Gasteiger partial charge in [-0.1, -0.05) is 50.2 Å². The quantitative estimate of drug-likeness (QED) is 0.659. The number of hydrogen-bond donors (Lipinski definition) is 2. The van der Waals surface area contributed by atoms with Gasteiger partial charge in [-0.15, -0.1) is 0 Å². The molecule has 3 aromatic rings. The Morgan fingerprint density at radius 2 is 1.70 bits per heavy atom. The summed E-state index contributed by atoms with van der Waals surface area (Å²) in [4.78, 5) is 39.6. The molecule has 6 heteroatoms. The number of hydrogen-bond acceptors (Lipinski definition) is 3. The molecule has 0 saturated heterocycles. The van der Waals surface area contributed by atoms with Gasteiger partial charge in [0.2, 0.25) is 5.91 Å². The molecule has 3 aromatic carbocycles. The van der Waals surface area contributed by atoms with E-state index < -0.39 is 0 Å². The Morgan fingerprint density at radius 3 is 2.47 bits per heavy atom. The zero-order valence-electron chi connectivity index (χ0n) is 16.9. The van der Waals surface area contributed by atoms with Crippen molar-refractivity contribution in [3.8, 4) is 0 Å². The third-order valence-electron chi connectivity index (χ3n) is 5.07. The first-order valence-electron chi connectivity index (χ1n) is 9.96. The fourth-order valence-electron chi connectivity index (χ4n) is 3.65. The Hall–Kier alpha value is -3.67. The van der Waals surface area contributed by atoms with E-state index in [4.69, 9.17) is 0 Å². The van der Waals surface area contributed by atoms with Gasteiger partial charge in [0.25, 0.3) is 11.8 Å². The van der Waals surface area contributed by atoms with E-state index in [9.17, 15) is 14.4 Å². The van der Waals surface area contributed by atoms with Crippen LogP contribution in [0.4, 0.5) is 11.4 Å². The largest absolute Gasteiger partial charge is 0.352 e. The molecule has 0 unspecified atom stereocenters. The molecule has 0 bridgehead atoms. The first-order chi connectivity index (χ1) is 14.5. The molecular formula is C24H23N3O3. The molecule has 2 N–H and O–H groups in total. The molecule has 152 valence electrons. The fourth-order valence-corrected chi connectivity index (χ4v) is 3.65. The highest BCUT2D eigenvalue weighted by Gasteiger charge is 2.31. The topological polar surface area (TPSA) is 78.5 Å². The number of carbonyl (C=O) groups is 3. The Balaban J connectivity index is 1.53. The minimum Gasteiger partial charge on any atom is -0.352 e. The number of rotatable bonds is 6. The van der Waals surface area contributed by atoms with Crippen molar-refractivity contribution in [2.75, 3.05) is 23.3 Å². The van der Waals surface area contributed by atoms with Gasteiger partial charge in [-0.05, 0) is 35.6 Å². The highest BCUT2D eigenvalue weighted by atomic mass is 16.2. The van der Waals surface area contributed by atoms with Gasteiger partial charge in [-0.25, -0.2) is 0 Å². The normalized spacial score (nSPS) is 12.5. The lowest BCUT2D eigenvalue weighted by molar-refractivity contribution is -0.114. The van der Waals surface area contributed by atoms with Gasteiger partial charge in [0.05, 0.1) is 16.9 Å². The van der Waals surface area contributed by atoms with Gasteiger partial charge in [0.1, 0.15) is 6.54 Å². The molecule has 6 nitrogen and oxygen atoms in total. The van der Waals surface area contributed by atoms with Crippen LogP contribution in [0.1, 0.15) is 34.6 Å². The second kappa shape index (κ2) is 7.99. The number of anilines is 2. The summed E-state index contributed by atoms with van der Waals surface area (Å²) in [6.45, 7) is 4.44. The number of amides is 3. The van der Waals surface area contributed by atoms with E-state index in [0.29, 0.717) is 29.3 Å². The van der Waals surface area contributed by atoms with Crippen LogP contribution in [0.15, 0.2) is 60.7 Å². The van der Waals surface area contributed by atoms with Crippen LogP contribution in [0.25, 0.3) is 10.8 Å². The van der Waals surface area contributed by atoms with Gasteiger partial charge in [-0.2, -0.15) is 0 Å². The Kier molecular flexibility index (Phi) is 5.23. The van der Waals surface area contributed by atoms with Crippen molar-refractivity contribution < 1.29 is 14.4 Å². The van der Waals surface area contributed by atoms with E-state index in [1.807, 2.05) is 44.2 Å². The molecule has 4 rings (SSSR count). The molecule has 0 spiro atoms. The number of nitrogens with one attached hydrogen (secondary N) is 2. The molecule has 1 aliphatic rings. The highest BCUT2D eigenvalue weighted by molar-refractivity contribution is 6.26. The van der Waals surface area contributed by atoms with Crippen LogP contribution in [0.3, 0.4) is 0 Å². The summed E-state index contributed by atoms with van der Waals surface area (Å²) in [5.74, 6) is -0.479. The molecule has 1 aliphatic heterocycles. The van der Waals surface area contributed by atoms with Crippen LogP contribution < -0.4 is 15.5 Å². The van der Waals surface area contributed by atoms with Crippen LogP contribution in [-0.4, -0.2) is 30.8 Å². The molecule has 0 aromatic heterocycles. The Morgan fingerprint density at radius 1 is 0.967 bits per heavy atom. The zero-order chi connectivity index (χ0) is 21.3. The van der Waals surface area contributed by atoms with E-state index in [2.05, 4.69) is 10.6 Å². The highest BCUT2D eigenvalue weighted by Crippen LogP contribution is 2.36. The maximum absolute atomic E-state index is 12.9. The van der Waals surface area contributed by atoms with Crippen LogP contribution in [0.2, 0.25) is 0 Å². The molecule has 0 fully saturated rings. The maximum Gasteiger partial charge on any atom is 0.259 e.